The Bertz CT molecular complexity index is 1070. The zero-order chi connectivity index (χ0) is 21.8. The van der Waals surface area contributed by atoms with E-state index in [1.165, 1.54) is 0 Å². The maximum atomic E-state index is 12.6. The minimum absolute atomic E-state index is 0.193. The number of aryl methyl sites for hydroxylation is 1. The zero-order valence-electron chi connectivity index (χ0n) is 17.2. The maximum absolute atomic E-state index is 12.6. The van der Waals surface area contributed by atoms with Crippen molar-refractivity contribution in [3.8, 4) is 5.75 Å². The van der Waals surface area contributed by atoms with Crippen LogP contribution in [0.3, 0.4) is 0 Å². The van der Waals surface area contributed by atoms with Crippen molar-refractivity contribution in [2.75, 3.05) is 26.3 Å². The summed E-state index contributed by atoms with van der Waals surface area (Å²) in [6.45, 7) is 2.57. The van der Waals surface area contributed by atoms with Crippen LogP contribution in [-0.4, -0.2) is 48.1 Å². The monoisotopic (exact) mass is 458 g/mol. The highest BCUT2D eigenvalue weighted by molar-refractivity contribution is 7.18. The number of hydrogen-bond donors (Lipinski definition) is 0. The number of ether oxygens (including phenoxy) is 2. The van der Waals surface area contributed by atoms with Crippen molar-refractivity contribution >= 4 is 45.0 Å². The van der Waals surface area contributed by atoms with Gasteiger partial charge in [-0.15, -0.1) is 11.3 Å². The number of para-hydroxylation sites is 1. The second-order valence-corrected chi connectivity index (χ2v) is 9.03. The predicted molar refractivity (Wildman–Crippen MR) is 121 cm³/mol. The van der Waals surface area contributed by atoms with Crippen molar-refractivity contribution in [3.63, 3.8) is 0 Å². The van der Waals surface area contributed by atoms with Gasteiger partial charge in [0.1, 0.15) is 5.75 Å². The lowest BCUT2D eigenvalue weighted by molar-refractivity contribution is -0.154. The number of nitrogens with zero attached hydrogens (tertiary/aromatic N) is 2. The molecular weight excluding hydrogens is 436 g/mol. The quantitative estimate of drug-likeness (QED) is 0.505. The third-order valence-electron chi connectivity index (χ3n) is 5.28. The molecule has 0 bridgehead atoms. The summed E-state index contributed by atoms with van der Waals surface area (Å²) < 4.78 is 11.7. The van der Waals surface area contributed by atoms with E-state index in [1.54, 1.807) is 34.4 Å². The summed E-state index contributed by atoms with van der Waals surface area (Å²) in [5.74, 6) is -0.0376. The van der Waals surface area contributed by atoms with E-state index < -0.39 is 5.97 Å². The Labute approximate surface area is 189 Å². The molecular formula is C23H23ClN2O4S. The molecule has 1 aromatic heterocycles. The molecule has 1 fully saturated rings. The number of hydrogen-bond acceptors (Lipinski definition) is 6. The average molecular weight is 459 g/mol. The third-order valence-corrected chi connectivity index (χ3v) is 6.90. The fourth-order valence-corrected chi connectivity index (χ4v) is 4.81. The van der Waals surface area contributed by atoms with E-state index >= 15 is 0 Å². The number of halogens is 1. The Kier molecular flexibility index (Phi) is 6.73. The fraction of sp³-hybridized carbons (Fsp3) is 0.348. The Balaban J connectivity index is 1.26. The van der Waals surface area contributed by atoms with E-state index in [9.17, 15) is 9.59 Å². The van der Waals surface area contributed by atoms with Gasteiger partial charge in [-0.25, -0.2) is 9.78 Å². The number of aromatic nitrogens is 1. The average Bonchev–Trinajstić information content (AvgIpc) is 3.23. The van der Waals surface area contributed by atoms with Crippen LogP contribution in [0.15, 0.2) is 42.5 Å². The minimum Gasteiger partial charge on any atom is -0.482 e. The number of fused-ring (bicyclic) bond motifs is 1. The van der Waals surface area contributed by atoms with Crippen molar-refractivity contribution in [2.24, 2.45) is 0 Å². The van der Waals surface area contributed by atoms with Gasteiger partial charge in [0.2, 0.25) is 0 Å². The molecule has 4 rings (SSSR count). The maximum Gasteiger partial charge on any atom is 0.344 e. The number of rotatable bonds is 6. The SMILES string of the molecule is Cc1cc(OCC(=O)OCC(=O)N2CCC[C@@H](c3nc4ccccc4s3)C2)ccc1Cl. The van der Waals surface area contributed by atoms with Crippen LogP contribution >= 0.6 is 22.9 Å². The van der Waals surface area contributed by atoms with Crippen molar-refractivity contribution in [2.45, 2.75) is 25.7 Å². The van der Waals surface area contributed by atoms with Crippen LogP contribution in [0.25, 0.3) is 10.2 Å². The number of carbonyl (C=O) groups is 2. The third kappa shape index (κ3) is 5.35. The van der Waals surface area contributed by atoms with E-state index in [0.717, 1.165) is 33.6 Å². The highest BCUT2D eigenvalue weighted by Gasteiger charge is 2.27. The summed E-state index contributed by atoms with van der Waals surface area (Å²) in [5.41, 5.74) is 1.85. The van der Waals surface area contributed by atoms with Crippen LogP contribution in [0, 0.1) is 6.92 Å². The van der Waals surface area contributed by atoms with Gasteiger partial charge in [-0.2, -0.15) is 0 Å². The van der Waals surface area contributed by atoms with Gasteiger partial charge in [-0.3, -0.25) is 4.79 Å². The van der Waals surface area contributed by atoms with Crippen molar-refractivity contribution in [1.82, 2.24) is 9.88 Å². The molecule has 0 saturated carbocycles. The first-order valence-electron chi connectivity index (χ1n) is 10.2. The van der Waals surface area contributed by atoms with Crippen molar-refractivity contribution in [3.05, 3.63) is 58.1 Å². The van der Waals surface area contributed by atoms with Gasteiger partial charge in [0.05, 0.1) is 15.2 Å². The van der Waals surface area contributed by atoms with Gasteiger partial charge in [0.25, 0.3) is 5.91 Å². The summed E-state index contributed by atoms with van der Waals surface area (Å²) >= 11 is 7.66. The number of likely N-dealkylation sites (tertiary alicyclic amines) is 1. The molecule has 0 N–H and O–H groups in total. The van der Waals surface area contributed by atoms with Gasteiger partial charge in [-0.05, 0) is 55.7 Å². The first-order valence-corrected chi connectivity index (χ1v) is 11.4. The summed E-state index contributed by atoms with van der Waals surface area (Å²) in [5, 5.41) is 1.69. The molecule has 0 unspecified atom stereocenters. The Hall–Kier alpha value is -2.64. The van der Waals surface area contributed by atoms with E-state index in [2.05, 4.69) is 6.07 Å². The Morgan fingerprint density at radius 2 is 2.06 bits per heavy atom. The van der Waals surface area contributed by atoms with Gasteiger partial charge < -0.3 is 14.4 Å². The van der Waals surface area contributed by atoms with E-state index in [-0.39, 0.29) is 25.0 Å². The molecule has 2 heterocycles. The van der Waals surface area contributed by atoms with E-state index in [4.69, 9.17) is 26.1 Å². The molecule has 8 heteroatoms. The molecule has 1 aliphatic heterocycles. The van der Waals surface area contributed by atoms with Crippen LogP contribution < -0.4 is 4.74 Å². The molecule has 31 heavy (non-hydrogen) atoms. The summed E-state index contributed by atoms with van der Waals surface area (Å²) in [7, 11) is 0. The van der Waals surface area contributed by atoms with Crippen LogP contribution in [0.1, 0.15) is 29.3 Å². The first kappa shape index (κ1) is 21.6. The second-order valence-electron chi connectivity index (χ2n) is 7.56. The lowest BCUT2D eigenvalue weighted by atomic mass is 9.99. The van der Waals surface area contributed by atoms with E-state index in [0.29, 0.717) is 23.9 Å². The van der Waals surface area contributed by atoms with Crippen molar-refractivity contribution < 1.29 is 19.1 Å². The molecule has 6 nitrogen and oxygen atoms in total. The van der Waals surface area contributed by atoms with Gasteiger partial charge in [0, 0.05) is 24.0 Å². The molecule has 0 aliphatic carbocycles. The number of thiazole rings is 1. The summed E-state index contributed by atoms with van der Waals surface area (Å²) in [6, 6.07) is 13.2. The lowest BCUT2D eigenvalue weighted by Gasteiger charge is -2.31. The molecule has 0 spiro atoms. The number of benzene rings is 2. The van der Waals surface area contributed by atoms with Crippen LogP contribution in [0.5, 0.6) is 5.75 Å². The Morgan fingerprint density at radius 3 is 2.87 bits per heavy atom. The number of amides is 1. The predicted octanol–water partition coefficient (Wildman–Crippen LogP) is 4.59. The minimum atomic E-state index is -0.583. The molecule has 1 amide bonds. The summed E-state index contributed by atoms with van der Waals surface area (Å²) in [6.07, 6.45) is 1.90. The molecule has 3 aromatic rings. The largest absolute Gasteiger partial charge is 0.482 e. The topological polar surface area (TPSA) is 68.7 Å². The molecule has 1 saturated heterocycles. The second kappa shape index (κ2) is 9.66. The normalized spacial score (nSPS) is 16.3. The smallest absolute Gasteiger partial charge is 0.344 e. The van der Waals surface area contributed by atoms with Gasteiger partial charge in [-0.1, -0.05) is 23.7 Å². The number of esters is 1. The van der Waals surface area contributed by atoms with Crippen LogP contribution in [0.2, 0.25) is 5.02 Å². The number of carbonyl (C=O) groups excluding carboxylic acids is 2. The molecule has 2 aromatic carbocycles. The highest BCUT2D eigenvalue weighted by Crippen LogP contribution is 2.33. The standard InChI is InChI=1S/C23H23ClN2O4S/c1-15-11-17(8-9-18(15)24)29-14-22(28)30-13-21(27)26-10-4-5-16(12-26)23-25-19-6-2-3-7-20(19)31-23/h2-3,6-9,11,16H,4-5,10,12-14H2,1H3/t16-/m1/s1. The summed E-state index contributed by atoms with van der Waals surface area (Å²) in [4.78, 5) is 31.1. The number of piperidine rings is 1. The molecule has 1 aliphatic rings. The van der Waals surface area contributed by atoms with Crippen LogP contribution in [-0.2, 0) is 14.3 Å². The van der Waals surface area contributed by atoms with Gasteiger partial charge in [0.15, 0.2) is 13.2 Å². The fourth-order valence-electron chi connectivity index (χ4n) is 3.59. The first-order chi connectivity index (χ1) is 15.0. The lowest BCUT2D eigenvalue weighted by Crippen LogP contribution is -2.41. The van der Waals surface area contributed by atoms with Crippen molar-refractivity contribution in [1.29, 1.82) is 0 Å². The van der Waals surface area contributed by atoms with E-state index in [1.807, 2.05) is 25.1 Å². The molecule has 1 atom stereocenters. The van der Waals surface area contributed by atoms with Crippen LogP contribution in [0.4, 0.5) is 0 Å². The Morgan fingerprint density at radius 1 is 1.23 bits per heavy atom. The molecule has 0 radical (unpaired) electrons. The highest BCUT2D eigenvalue weighted by atomic mass is 35.5. The van der Waals surface area contributed by atoms with Gasteiger partial charge >= 0.3 is 5.97 Å². The molecule has 162 valence electrons. The zero-order valence-corrected chi connectivity index (χ0v) is 18.7.